The van der Waals surface area contributed by atoms with Crippen molar-refractivity contribution in [3.8, 4) is 0 Å². The van der Waals surface area contributed by atoms with E-state index in [0.29, 0.717) is 0 Å². The summed E-state index contributed by atoms with van der Waals surface area (Å²) in [6.07, 6.45) is 2.88. The van der Waals surface area contributed by atoms with Gasteiger partial charge in [-0.3, -0.25) is 19.7 Å². The van der Waals surface area contributed by atoms with Gasteiger partial charge in [-0.1, -0.05) is 30.3 Å². The van der Waals surface area contributed by atoms with Gasteiger partial charge in [0.2, 0.25) is 17.6 Å². The summed E-state index contributed by atoms with van der Waals surface area (Å²) in [5.74, 6) is -2.06. The normalized spacial score (nSPS) is 10.4. The van der Waals surface area contributed by atoms with Crippen molar-refractivity contribution in [3.63, 3.8) is 0 Å². The minimum atomic E-state index is -0.998. The second-order valence-corrected chi connectivity index (χ2v) is 4.93. The van der Waals surface area contributed by atoms with Crippen molar-refractivity contribution in [2.45, 2.75) is 0 Å². The summed E-state index contributed by atoms with van der Waals surface area (Å²) in [7, 11) is 0. The van der Waals surface area contributed by atoms with Gasteiger partial charge in [-0.2, -0.15) is 4.39 Å². The van der Waals surface area contributed by atoms with Gasteiger partial charge in [0, 0.05) is 17.8 Å². The summed E-state index contributed by atoms with van der Waals surface area (Å²) in [6, 6.07) is 12.1. The Morgan fingerprint density at radius 1 is 1.16 bits per heavy atom. The number of carbonyl (C=O) groups is 2. The first kappa shape index (κ1) is 17.8. The van der Waals surface area contributed by atoms with Crippen LogP contribution in [0.3, 0.4) is 0 Å². The Bertz CT molecular complexity index is 822. The van der Waals surface area contributed by atoms with Crippen molar-refractivity contribution in [1.29, 1.82) is 0 Å². The van der Waals surface area contributed by atoms with Gasteiger partial charge in [0.25, 0.3) is 0 Å². The quantitative estimate of drug-likeness (QED) is 0.478. The van der Waals surface area contributed by atoms with Crippen molar-refractivity contribution >= 4 is 29.3 Å². The van der Waals surface area contributed by atoms with E-state index in [2.05, 4.69) is 10.6 Å². The zero-order chi connectivity index (χ0) is 18.2. The molecule has 0 unspecified atom stereocenters. The molecule has 2 amide bonds. The summed E-state index contributed by atoms with van der Waals surface area (Å²) < 4.78 is 13.2. The number of nitro groups is 1. The van der Waals surface area contributed by atoms with Gasteiger partial charge in [0.15, 0.2) is 0 Å². The lowest BCUT2D eigenvalue weighted by molar-refractivity contribution is -0.387. The first-order valence-corrected chi connectivity index (χ1v) is 7.20. The number of amides is 2. The third-order valence-corrected chi connectivity index (χ3v) is 3.08. The van der Waals surface area contributed by atoms with Gasteiger partial charge >= 0.3 is 5.69 Å². The molecular formula is C17H14FN3O4. The predicted octanol–water partition coefficient (Wildman–Crippen LogP) is 2.50. The van der Waals surface area contributed by atoms with Gasteiger partial charge in [-0.15, -0.1) is 0 Å². The molecule has 2 rings (SSSR count). The van der Waals surface area contributed by atoms with Crippen LogP contribution in [0.15, 0.2) is 54.6 Å². The van der Waals surface area contributed by atoms with Crippen LogP contribution in [0.1, 0.15) is 5.56 Å². The molecular weight excluding hydrogens is 329 g/mol. The van der Waals surface area contributed by atoms with Gasteiger partial charge in [-0.25, -0.2) is 0 Å². The zero-order valence-corrected chi connectivity index (χ0v) is 12.9. The van der Waals surface area contributed by atoms with E-state index in [9.17, 15) is 24.1 Å². The third-order valence-electron chi connectivity index (χ3n) is 3.08. The molecule has 2 N–H and O–H groups in total. The number of anilines is 1. The Hall–Kier alpha value is -3.55. The molecule has 0 radical (unpaired) electrons. The molecule has 0 atom stereocenters. The first-order chi connectivity index (χ1) is 12.0. The van der Waals surface area contributed by atoms with E-state index in [4.69, 9.17) is 0 Å². The smallest absolute Gasteiger partial charge is 0.306 e. The lowest BCUT2D eigenvalue weighted by Gasteiger charge is -2.06. The highest BCUT2D eigenvalue weighted by Crippen LogP contribution is 2.21. The molecule has 2 aromatic carbocycles. The highest BCUT2D eigenvalue weighted by atomic mass is 19.1. The van der Waals surface area contributed by atoms with Crippen LogP contribution in [0.25, 0.3) is 6.08 Å². The summed E-state index contributed by atoms with van der Waals surface area (Å²) in [6.45, 7) is -0.330. The van der Waals surface area contributed by atoms with Crippen molar-refractivity contribution in [3.05, 3.63) is 76.1 Å². The topological polar surface area (TPSA) is 101 Å². The number of hydrogen-bond acceptors (Lipinski definition) is 4. The second kappa shape index (κ2) is 8.34. The molecule has 25 heavy (non-hydrogen) atoms. The van der Waals surface area contributed by atoms with Crippen LogP contribution < -0.4 is 10.6 Å². The number of benzene rings is 2. The van der Waals surface area contributed by atoms with E-state index < -0.39 is 28.2 Å². The molecule has 0 spiro atoms. The van der Waals surface area contributed by atoms with Gasteiger partial charge in [0.05, 0.1) is 11.5 Å². The standard InChI is InChI=1S/C17H14FN3O4/c18-14-8-7-13(10-15(14)21(24)25)20-17(23)11-19-16(22)9-6-12-4-2-1-3-5-12/h1-10H,11H2,(H,19,22)(H,20,23)/b9-6+. The first-order valence-electron chi connectivity index (χ1n) is 7.20. The molecule has 0 aliphatic heterocycles. The molecule has 2 aromatic rings. The summed E-state index contributed by atoms with van der Waals surface area (Å²) in [5.41, 5.74) is 0.153. The highest BCUT2D eigenvalue weighted by Gasteiger charge is 2.15. The van der Waals surface area contributed by atoms with E-state index >= 15 is 0 Å². The van der Waals surface area contributed by atoms with E-state index in [0.717, 1.165) is 17.7 Å². The van der Waals surface area contributed by atoms with Crippen molar-refractivity contribution in [2.75, 3.05) is 11.9 Å². The molecule has 0 aliphatic rings. The fourth-order valence-electron chi connectivity index (χ4n) is 1.90. The monoisotopic (exact) mass is 343 g/mol. The minimum absolute atomic E-state index is 0.0622. The number of carbonyl (C=O) groups excluding carboxylic acids is 2. The van der Waals surface area contributed by atoms with E-state index in [1.165, 1.54) is 12.1 Å². The maximum Gasteiger partial charge on any atom is 0.306 e. The van der Waals surface area contributed by atoms with E-state index in [1.807, 2.05) is 30.3 Å². The van der Waals surface area contributed by atoms with E-state index in [1.54, 1.807) is 6.08 Å². The maximum absolute atomic E-state index is 13.2. The van der Waals surface area contributed by atoms with Gasteiger partial charge in [-0.05, 0) is 23.8 Å². The molecule has 0 saturated heterocycles. The van der Waals surface area contributed by atoms with Crippen molar-refractivity contribution in [2.24, 2.45) is 0 Å². The lowest BCUT2D eigenvalue weighted by Crippen LogP contribution is -2.31. The Morgan fingerprint density at radius 2 is 1.88 bits per heavy atom. The minimum Gasteiger partial charge on any atom is -0.343 e. The number of hydrogen-bond donors (Lipinski definition) is 2. The number of nitrogens with zero attached hydrogens (tertiary/aromatic N) is 1. The Kier molecular flexibility index (Phi) is 5.94. The van der Waals surface area contributed by atoms with Gasteiger partial charge in [0.1, 0.15) is 0 Å². The fraction of sp³-hybridized carbons (Fsp3) is 0.0588. The molecule has 0 heterocycles. The van der Waals surface area contributed by atoms with Crippen molar-refractivity contribution in [1.82, 2.24) is 5.32 Å². The Balaban J connectivity index is 1.86. The van der Waals surface area contributed by atoms with Crippen LogP contribution in [0, 0.1) is 15.9 Å². The van der Waals surface area contributed by atoms with Crippen LogP contribution in [0.5, 0.6) is 0 Å². The summed E-state index contributed by atoms with van der Waals surface area (Å²) in [4.78, 5) is 33.2. The fourth-order valence-corrected chi connectivity index (χ4v) is 1.90. The average molecular weight is 343 g/mol. The molecule has 0 aliphatic carbocycles. The molecule has 7 nitrogen and oxygen atoms in total. The number of rotatable bonds is 6. The maximum atomic E-state index is 13.2. The van der Waals surface area contributed by atoms with Crippen LogP contribution >= 0.6 is 0 Å². The zero-order valence-electron chi connectivity index (χ0n) is 12.9. The highest BCUT2D eigenvalue weighted by molar-refractivity contribution is 5.98. The summed E-state index contributed by atoms with van der Waals surface area (Å²) >= 11 is 0. The van der Waals surface area contributed by atoms with Crippen LogP contribution in [0.2, 0.25) is 0 Å². The largest absolute Gasteiger partial charge is 0.343 e. The SMILES string of the molecule is O=C(/C=C/c1ccccc1)NCC(=O)Nc1ccc(F)c([N+](=O)[O-])c1. The molecule has 0 aromatic heterocycles. The molecule has 128 valence electrons. The van der Waals surface area contributed by atoms with Crippen LogP contribution in [-0.4, -0.2) is 23.3 Å². The molecule has 8 heteroatoms. The lowest BCUT2D eigenvalue weighted by atomic mass is 10.2. The number of nitro benzene ring substituents is 1. The molecule has 0 fully saturated rings. The van der Waals surface area contributed by atoms with Crippen LogP contribution in [-0.2, 0) is 9.59 Å². The second-order valence-electron chi connectivity index (χ2n) is 4.93. The van der Waals surface area contributed by atoms with Gasteiger partial charge < -0.3 is 10.6 Å². The third kappa shape index (κ3) is 5.54. The van der Waals surface area contributed by atoms with Crippen LogP contribution in [0.4, 0.5) is 15.8 Å². The van der Waals surface area contributed by atoms with E-state index in [-0.39, 0.29) is 12.2 Å². The average Bonchev–Trinajstić information content (AvgIpc) is 2.60. The number of halogens is 1. The Labute approximate surface area is 142 Å². The summed E-state index contributed by atoms with van der Waals surface area (Å²) in [5, 5.41) is 15.4. The van der Waals surface area contributed by atoms with Crippen molar-refractivity contribution < 1.29 is 18.9 Å². The molecule has 0 saturated carbocycles. The predicted molar refractivity (Wildman–Crippen MR) is 90.2 cm³/mol. The molecule has 0 bridgehead atoms. The number of nitrogens with one attached hydrogen (secondary N) is 2. The Morgan fingerprint density at radius 3 is 2.56 bits per heavy atom.